The number of aryl methyl sites for hydroxylation is 1. The minimum atomic E-state index is -0.172. The molecule has 0 aliphatic rings. The first-order valence-corrected chi connectivity index (χ1v) is 5.41. The van der Waals surface area contributed by atoms with Crippen LogP contribution in [0, 0.1) is 0 Å². The summed E-state index contributed by atoms with van der Waals surface area (Å²) < 4.78 is 1.75. The molecular weight excluding hydrogens is 274 g/mol. The highest BCUT2D eigenvalue weighted by molar-refractivity contribution is 9.10. The summed E-state index contributed by atoms with van der Waals surface area (Å²) in [5.41, 5.74) is 1.43. The number of rotatable bonds is 3. The Bertz CT molecular complexity index is 533. The average Bonchev–Trinajstić information content (AvgIpc) is 2.78. The number of hydrogen-bond donors (Lipinski definition) is 2. The van der Waals surface area contributed by atoms with Crippen molar-refractivity contribution in [3.63, 3.8) is 0 Å². The van der Waals surface area contributed by atoms with E-state index >= 15 is 0 Å². The zero-order valence-electron chi connectivity index (χ0n) is 8.57. The maximum absolute atomic E-state index is 11.5. The molecule has 0 radical (unpaired) electrons. The van der Waals surface area contributed by atoms with Gasteiger partial charge >= 0.3 is 0 Å². The number of halogens is 1. The summed E-state index contributed by atoms with van der Waals surface area (Å²) in [6, 6.07) is 1.86. The van der Waals surface area contributed by atoms with Crippen molar-refractivity contribution >= 4 is 21.6 Å². The van der Waals surface area contributed by atoms with E-state index in [0.29, 0.717) is 16.7 Å². The van der Waals surface area contributed by atoms with E-state index < -0.39 is 0 Å². The molecule has 0 spiro atoms. The van der Waals surface area contributed by atoms with Gasteiger partial charge in [-0.3, -0.25) is 9.89 Å². The Kier molecular flexibility index (Phi) is 3.04. The first-order valence-electron chi connectivity index (χ1n) is 4.62. The Hall–Kier alpha value is -1.63. The molecule has 6 nitrogen and oxygen atoms in total. The molecule has 0 aromatic carbocycles. The van der Waals surface area contributed by atoms with E-state index in [0.717, 1.165) is 5.69 Å². The van der Waals surface area contributed by atoms with Crippen LogP contribution in [0.15, 0.2) is 27.7 Å². The van der Waals surface area contributed by atoms with Crippen molar-refractivity contribution in [1.82, 2.24) is 20.0 Å². The van der Waals surface area contributed by atoms with E-state index in [1.165, 1.54) is 4.68 Å². The molecule has 0 atom stereocenters. The fourth-order valence-electron chi connectivity index (χ4n) is 1.21. The van der Waals surface area contributed by atoms with Gasteiger partial charge in [0.2, 0.25) is 0 Å². The lowest BCUT2D eigenvalue weighted by molar-refractivity contribution is 0.703. The van der Waals surface area contributed by atoms with E-state index in [1.54, 1.807) is 19.4 Å². The molecule has 0 saturated heterocycles. The molecule has 0 fully saturated rings. The minimum absolute atomic E-state index is 0.172. The molecule has 0 bridgehead atoms. The molecule has 0 aliphatic carbocycles. The summed E-state index contributed by atoms with van der Waals surface area (Å²) in [5.74, 6) is 0. The molecule has 2 aromatic heterocycles. The third-order valence-corrected chi connectivity index (χ3v) is 2.87. The number of aromatic nitrogens is 4. The minimum Gasteiger partial charge on any atom is -0.377 e. The molecule has 0 unspecified atom stereocenters. The largest absolute Gasteiger partial charge is 0.377 e. The number of aromatic amines is 1. The van der Waals surface area contributed by atoms with Crippen LogP contribution >= 0.6 is 15.9 Å². The number of H-pyrrole nitrogens is 1. The van der Waals surface area contributed by atoms with Crippen LogP contribution in [-0.4, -0.2) is 20.0 Å². The van der Waals surface area contributed by atoms with Gasteiger partial charge in [-0.25, -0.2) is 4.68 Å². The predicted octanol–water partition coefficient (Wildman–Crippen LogP) is 0.878. The predicted molar refractivity (Wildman–Crippen MR) is 63.1 cm³/mol. The lowest BCUT2D eigenvalue weighted by Gasteiger charge is -2.07. The highest BCUT2D eigenvalue weighted by Crippen LogP contribution is 2.16. The summed E-state index contributed by atoms with van der Waals surface area (Å²) in [7, 11) is 1.60. The molecule has 2 rings (SSSR count). The van der Waals surface area contributed by atoms with Crippen LogP contribution in [0.5, 0.6) is 0 Å². The molecule has 0 amide bonds. The Balaban J connectivity index is 2.16. The molecule has 2 aromatic rings. The number of anilines is 1. The van der Waals surface area contributed by atoms with E-state index in [1.807, 2.05) is 6.07 Å². The van der Waals surface area contributed by atoms with Crippen molar-refractivity contribution < 1.29 is 0 Å². The Morgan fingerprint density at radius 1 is 1.62 bits per heavy atom. The van der Waals surface area contributed by atoms with Gasteiger partial charge in [-0.15, -0.1) is 0 Å². The van der Waals surface area contributed by atoms with E-state index in [2.05, 4.69) is 36.5 Å². The lowest BCUT2D eigenvalue weighted by atomic mass is 10.4. The fraction of sp³-hybridized carbons (Fsp3) is 0.222. The van der Waals surface area contributed by atoms with E-state index in [-0.39, 0.29) is 5.56 Å². The molecule has 2 N–H and O–H groups in total. The number of nitrogens with one attached hydrogen (secondary N) is 2. The zero-order chi connectivity index (χ0) is 11.5. The molecular formula is C9H10BrN5O. The van der Waals surface area contributed by atoms with Gasteiger partial charge in [0.05, 0.1) is 24.1 Å². The molecule has 16 heavy (non-hydrogen) atoms. The standard InChI is InChI=1S/C9H10BrN5O/c1-15-9(16)8(10)7(5-13-15)11-4-6-2-3-12-14-6/h2-3,5,11H,4H2,1H3,(H,12,14). The summed E-state index contributed by atoms with van der Waals surface area (Å²) in [6.45, 7) is 0.563. The van der Waals surface area contributed by atoms with Crippen molar-refractivity contribution in [3.8, 4) is 0 Å². The normalized spacial score (nSPS) is 10.4. The van der Waals surface area contributed by atoms with Gasteiger partial charge in [0.25, 0.3) is 5.56 Å². The van der Waals surface area contributed by atoms with Gasteiger partial charge in [-0.2, -0.15) is 10.2 Å². The van der Waals surface area contributed by atoms with Crippen molar-refractivity contribution in [1.29, 1.82) is 0 Å². The molecule has 7 heteroatoms. The SMILES string of the molecule is Cn1ncc(NCc2ccn[nH]2)c(Br)c1=O. The maximum atomic E-state index is 11.5. The van der Waals surface area contributed by atoms with Crippen LogP contribution in [-0.2, 0) is 13.6 Å². The third kappa shape index (κ3) is 2.13. The highest BCUT2D eigenvalue weighted by atomic mass is 79.9. The smallest absolute Gasteiger partial charge is 0.282 e. The van der Waals surface area contributed by atoms with Crippen LogP contribution in [0.3, 0.4) is 0 Å². The first kappa shape index (κ1) is 10.9. The first-order chi connectivity index (χ1) is 7.68. The summed E-state index contributed by atoms with van der Waals surface area (Å²) in [5, 5.41) is 13.7. The summed E-state index contributed by atoms with van der Waals surface area (Å²) >= 11 is 3.23. The molecule has 0 aliphatic heterocycles. The van der Waals surface area contributed by atoms with Gasteiger partial charge < -0.3 is 5.32 Å². The fourth-order valence-corrected chi connectivity index (χ4v) is 1.71. The van der Waals surface area contributed by atoms with Crippen molar-refractivity contribution in [2.45, 2.75) is 6.54 Å². The maximum Gasteiger partial charge on any atom is 0.282 e. The van der Waals surface area contributed by atoms with Crippen LogP contribution in [0.1, 0.15) is 5.69 Å². The average molecular weight is 284 g/mol. The van der Waals surface area contributed by atoms with E-state index in [4.69, 9.17) is 0 Å². The number of nitrogens with zero attached hydrogens (tertiary/aromatic N) is 3. The van der Waals surface area contributed by atoms with Crippen molar-refractivity contribution in [2.24, 2.45) is 7.05 Å². The van der Waals surface area contributed by atoms with Crippen LogP contribution in [0.2, 0.25) is 0 Å². The number of hydrogen-bond acceptors (Lipinski definition) is 4. The molecule has 2 heterocycles. The lowest BCUT2D eigenvalue weighted by Crippen LogP contribution is -2.21. The van der Waals surface area contributed by atoms with Gasteiger partial charge in [-0.05, 0) is 22.0 Å². The summed E-state index contributed by atoms with van der Waals surface area (Å²) in [6.07, 6.45) is 3.27. The van der Waals surface area contributed by atoms with Crippen LogP contribution < -0.4 is 10.9 Å². The quantitative estimate of drug-likeness (QED) is 0.877. The Morgan fingerprint density at radius 3 is 3.12 bits per heavy atom. The van der Waals surface area contributed by atoms with E-state index in [9.17, 15) is 4.79 Å². The van der Waals surface area contributed by atoms with Crippen LogP contribution in [0.4, 0.5) is 5.69 Å². The third-order valence-electron chi connectivity index (χ3n) is 2.11. The van der Waals surface area contributed by atoms with Gasteiger partial charge in [-0.1, -0.05) is 0 Å². The van der Waals surface area contributed by atoms with Crippen LogP contribution in [0.25, 0.3) is 0 Å². The van der Waals surface area contributed by atoms with Gasteiger partial charge in [0.15, 0.2) is 0 Å². The zero-order valence-corrected chi connectivity index (χ0v) is 10.2. The second kappa shape index (κ2) is 4.48. The Morgan fingerprint density at radius 2 is 2.44 bits per heavy atom. The second-order valence-corrected chi connectivity index (χ2v) is 4.03. The van der Waals surface area contributed by atoms with Gasteiger partial charge in [0.1, 0.15) is 4.47 Å². The van der Waals surface area contributed by atoms with Crippen molar-refractivity contribution in [3.05, 3.63) is 39.0 Å². The van der Waals surface area contributed by atoms with Gasteiger partial charge in [0, 0.05) is 13.2 Å². The molecule has 84 valence electrons. The second-order valence-electron chi connectivity index (χ2n) is 3.24. The summed E-state index contributed by atoms with van der Waals surface area (Å²) in [4.78, 5) is 11.5. The molecule has 0 saturated carbocycles. The monoisotopic (exact) mass is 283 g/mol. The Labute approximate surface area is 99.8 Å². The topological polar surface area (TPSA) is 75.6 Å². The highest BCUT2D eigenvalue weighted by Gasteiger charge is 2.06. The van der Waals surface area contributed by atoms with Crippen molar-refractivity contribution in [2.75, 3.05) is 5.32 Å².